The number of benzene rings is 2. The standard InChI is InChI=1S/C19H24N2O5S/c1-13-15(7-6-8-16(13)20-27(5,23)24)19(22)21(2)12-14-9-10-17(25-3)18(11-14)26-4/h6-11,20H,12H2,1-5H3. The zero-order chi connectivity index (χ0) is 20.2. The number of nitrogens with one attached hydrogen (secondary N) is 1. The molecule has 8 heteroatoms. The molecule has 1 N–H and O–H groups in total. The Morgan fingerprint density at radius 3 is 2.37 bits per heavy atom. The number of carbonyl (C=O) groups excluding carboxylic acids is 1. The Hall–Kier alpha value is -2.74. The first kappa shape index (κ1) is 20.6. The molecule has 0 radical (unpaired) electrons. The molecule has 0 atom stereocenters. The van der Waals surface area contributed by atoms with Crippen LogP contribution in [0.3, 0.4) is 0 Å². The summed E-state index contributed by atoms with van der Waals surface area (Å²) in [7, 11) is 1.38. The van der Waals surface area contributed by atoms with Gasteiger partial charge in [-0.1, -0.05) is 12.1 Å². The van der Waals surface area contributed by atoms with Gasteiger partial charge in [0.25, 0.3) is 5.91 Å². The molecule has 0 unspecified atom stereocenters. The van der Waals surface area contributed by atoms with E-state index in [0.717, 1.165) is 11.8 Å². The molecular weight excluding hydrogens is 368 g/mol. The molecule has 0 aliphatic rings. The number of methoxy groups -OCH3 is 2. The molecule has 0 aliphatic heterocycles. The highest BCUT2D eigenvalue weighted by molar-refractivity contribution is 7.92. The van der Waals surface area contributed by atoms with Crippen molar-refractivity contribution >= 4 is 21.6 Å². The molecule has 0 spiro atoms. The predicted molar refractivity (Wildman–Crippen MR) is 105 cm³/mol. The third-order valence-corrected chi connectivity index (χ3v) is 4.66. The monoisotopic (exact) mass is 392 g/mol. The Morgan fingerprint density at radius 1 is 1.11 bits per heavy atom. The average Bonchev–Trinajstić information content (AvgIpc) is 2.61. The van der Waals surface area contributed by atoms with E-state index in [1.54, 1.807) is 57.4 Å². The van der Waals surface area contributed by atoms with Gasteiger partial charge in [-0.25, -0.2) is 8.42 Å². The maximum atomic E-state index is 12.9. The van der Waals surface area contributed by atoms with E-state index in [2.05, 4.69) is 4.72 Å². The molecular formula is C19H24N2O5S. The number of rotatable bonds is 7. The topological polar surface area (TPSA) is 84.9 Å². The molecule has 146 valence electrons. The van der Waals surface area contributed by atoms with Crippen LogP contribution in [0.2, 0.25) is 0 Å². The smallest absolute Gasteiger partial charge is 0.254 e. The number of sulfonamides is 1. The van der Waals surface area contributed by atoms with Gasteiger partial charge in [0.05, 0.1) is 26.2 Å². The lowest BCUT2D eigenvalue weighted by Gasteiger charge is -2.20. The van der Waals surface area contributed by atoms with Crippen molar-refractivity contribution in [3.05, 3.63) is 53.1 Å². The van der Waals surface area contributed by atoms with Crippen LogP contribution >= 0.6 is 0 Å². The summed E-state index contributed by atoms with van der Waals surface area (Å²) < 4.78 is 35.9. The summed E-state index contributed by atoms with van der Waals surface area (Å²) in [4.78, 5) is 14.4. The quantitative estimate of drug-likeness (QED) is 0.783. The van der Waals surface area contributed by atoms with Gasteiger partial charge < -0.3 is 14.4 Å². The Bertz CT molecular complexity index is 941. The minimum absolute atomic E-state index is 0.209. The molecule has 2 aromatic rings. The van der Waals surface area contributed by atoms with Crippen LogP contribution in [0.5, 0.6) is 11.5 Å². The summed E-state index contributed by atoms with van der Waals surface area (Å²) in [5.74, 6) is 0.997. The molecule has 0 saturated heterocycles. The highest BCUT2D eigenvalue weighted by Crippen LogP contribution is 2.28. The number of amides is 1. The number of carbonyl (C=O) groups is 1. The second-order valence-electron chi connectivity index (χ2n) is 6.20. The lowest BCUT2D eigenvalue weighted by atomic mass is 10.1. The van der Waals surface area contributed by atoms with Crippen molar-refractivity contribution in [1.29, 1.82) is 0 Å². The maximum Gasteiger partial charge on any atom is 0.254 e. The van der Waals surface area contributed by atoms with Gasteiger partial charge >= 0.3 is 0 Å². The van der Waals surface area contributed by atoms with Gasteiger partial charge in [-0.2, -0.15) is 0 Å². The summed E-state index contributed by atoms with van der Waals surface area (Å²) in [6.45, 7) is 2.08. The van der Waals surface area contributed by atoms with Gasteiger partial charge in [0.1, 0.15) is 0 Å². The summed E-state index contributed by atoms with van der Waals surface area (Å²) in [6.07, 6.45) is 1.07. The predicted octanol–water partition coefficient (Wildman–Crippen LogP) is 2.66. The normalized spacial score (nSPS) is 11.0. The zero-order valence-electron chi connectivity index (χ0n) is 16.1. The number of nitrogens with zero attached hydrogens (tertiary/aromatic N) is 1. The van der Waals surface area contributed by atoms with Crippen molar-refractivity contribution in [1.82, 2.24) is 4.90 Å². The fourth-order valence-corrected chi connectivity index (χ4v) is 3.33. The van der Waals surface area contributed by atoms with Crippen molar-refractivity contribution in [2.75, 3.05) is 32.2 Å². The first-order valence-corrected chi connectivity index (χ1v) is 10.1. The summed E-state index contributed by atoms with van der Waals surface area (Å²) in [5, 5.41) is 0. The molecule has 0 fully saturated rings. The Balaban J connectivity index is 2.24. The van der Waals surface area contributed by atoms with Crippen LogP contribution in [0.1, 0.15) is 21.5 Å². The van der Waals surface area contributed by atoms with Crippen LogP contribution in [-0.4, -0.2) is 46.7 Å². The number of hydrogen-bond acceptors (Lipinski definition) is 5. The van der Waals surface area contributed by atoms with E-state index in [1.165, 1.54) is 0 Å². The lowest BCUT2D eigenvalue weighted by Crippen LogP contribution is -2.27. The first-order chi connectivity index (χ1) is 12.7. The van der Waals surface area contributed by atoms with Crippen molar-refractivity contribution < 1.29 is 22.7 Å². The number of ether oxygens (including phenoxy) is 2. The molecule has 1 amide bonds. The minimum atomic E-state index is -3.43. The molecule has 7 nitrogen and oxygen atoms in total. The van der Waals surface area contributed by atoms with Crippen molar-refractivity contribution in [2.45, 2.75) is 13.5 Å². The van der Waals surface area contributed by atoms with Crippen LogP contribution in [0.15, 0.2) is 36.4 Å². The highest BCUT2D eigenvalue weighted by atomic mass is 32.2. The second kappa shape index (κ2) is 8.30. The van der Waals surface area contributed by atoms with E-state index < -0.39 is 10.0 Å². The van der Waals surface area contributed by atoms with Crippen molar-refractivity contribution in [2.24, 2.45) is 0 Å². The third-order valence-electron chi connectivity index (χ3n) is 4.07. The van der Waals surface area contributed by atoms with E-state index in [1.807, 2.05) is 12.1 Å². The Labute approximate surface area is 160 Å². The van der Waals surface area contributed by atoms with Crippen LogP contribution in [0, 0.1) is 6.92 Å². The van der Waals surface area contributed by atoms with Crippen LogP contribution in [0.25, 0.3) is 0 Å². The van der Waals surface area contributed by atoms with E-state index in [0.29, 0.717) is 34.9 Å². The van der Waals surface area contributed by atoms with E-state index in [9.17, 15) is 13.2 Å². The van der Waals surface area contributed by atoms with Crippen LogP contribution < -0.4 is 14.2 Å². The van der Waals surface area contributed by atoms with E-state index in [-0.39, 0.29) is 5.91 Å². The van der Waals surface area contributed by atoms with Crippen LogP contribution in [-0.2, 0) is 16.6 Å². The van der Waals surface area contributed by atoms with Gasteiger partial charge in [0.2, 0.25) is 10.0 Å². The second-order valence-corrected chi connectivity index (χ2v) is 7.95. The largest absolute Gasteiger partial charge is 0.493 e. The first-order valence-electron chi connectivity index (χ1n) is 8.20. The van der Waals surface area contributed by atoms with Crippen molar-refractivity contribution in [3.8, 4) is 11.5 Å². The van der Waals surface area contributed by atoms with Gasteiger partial charge in [-0.05, 0) is 42.3 Å². The van der Waals surface area contributed by atoms with Crippen LogP contribution in [0.4, 0.5) is 5.69 Å². The molecule has 0 aliphatic carbocycles. The van der Waals surface area contributed by atoms with Gasteiger partial charge in [0.15, 0.2) is 11.5 Å². The fourth-order valence-electron chi connectivity index (χ4n) is 2.71. The minimum Gasteiger partial charge on any atom is -0.493 e. The summed E-state index contributed by atoms with van der Waals surface area (Å²) >= 11 is 0. The Morgan fingerprint density at radius 2 is 1.78 bits per heavy atom. The fraction of sp³-hybridized carbons (Fsp3) is 0.316. The lowest BCUT2D eigenvalue weighted by molar-refractivity contribution is 0.0784. The van der Waals surface area contributed by atoms with Gasteiger partial charge in [-0.15, -0.1) is 0 Å². The number of hydrogen-bond donors (Lipinski definition) is 1. The zero-order valence-corrected chi connectivity index (χ0v) is 16.9. The summed E-state index contributed by atoms with van der Waals surface area (Å²) in [5.41, 5.74) is 2.29. The number of anilines is 1. The molecule has 27 heavy (non-hydrogen) atoms. The molecule has 2 aromatic carbocycles. The van der Waals surface area contributed by atoms with Crippen molar-refractivity contribution in [3.63, 3.8) is 0 Å². The molecule has 0 heterocycles. The van der Waals surface area contributed by atoms with E-state index in [4.69, 9.17) is 9.47 Å². The SMILES string of the molecule is COc1ccc(CN(C)C(=O)c2cccc(NS(C)(=O)=O)c2C)cc1OC. The molecule has 0 saturated carbocycles. The summed E-state index contributed by atoms with van der Waals surface area (Å²) in [6, 6.07) is 10.4. The van der Waals surface area contributed by atoms with E-state index >= 15 is 0 Å². The van der Waals surface area contributed by atoms with Gasteiger partial charge in [-0.3, -0.25) is 9.52 Å². The third kappa shape index (κ3) is 5.13. The molecule has 2 rings (SSSR count). The van der Waals surface area contributed by atoms with Gasteiger partial charge in [0, 0.05) is 19.2 Å². The molecule has 0 aromatic heterocycles. The average molecular weight is 392 g/mol. The molecule has 0 bridgehead atoms. The Kier molecular flexibility index (Phi) is 6.32. The highest BCUT2D eigenvalue weighted by Gasteiger charge is 2.18. The maximum absolute atomic E-state index is 12.9.